The van der Waals surface area contributed by atoms with Gasteiger partial charge in [0.05, 0.1) is 13.0 Å². The van der Waals surface area contributed by atoms with Gasteiger partial charge < -0.3 is 4.74 Å². The van der Waals surface area contributed by atoms with Gasteiger partial charge in [-0.2, -0.15) is 0 Å². The summed E-state index contributed by atoms with van der Waals surface area (Å²) in [6.07, 6.45) is -0.571. The van der Waals surface area contributed by atoms with E-state index in [4.69, 9.17) is 4.74 Å². The van der Waals surface area contributed by atoms with Crippen LogP contribution in [0.3, 0.4) is 0 Å². The smallest absolute Gasteiger partial charge is 0.298 e. The Labute approximate surface area is 91.4 Å². The van der Waals surface area contributed by atoms with Crippen molar-refractivity contribution in [2.75, 3.05) is 0 Å². The number of carbonyl (C=O) groups excluding carboxylic acids is 2. The first-order chi connectivity index (χ1) is 7.60. The normalized spacial score (nSPS) is 24.6. The maximum Gasteiger partial charge on any atom is 0.298 e. The standard InChI is InChI=1S/C11H10FNO3/c12-11(6-9(14)13-10(11)15)16-7-8-4-2-1-3-5-8/h1-5H,6-7H2,(H,13,14,15). The summed E-state index contributed by atoms with van der Waals surface area (Å²) in [4.78, 5) is 21.9. The average Bonchev–Trinajstić information content (AvgIpc) is 2.52. The summed E-state index contributed by atoms with van der Waals surface area (Å²) in [6.45, 7) is -0.0436. The molecule has 1 saturated heterocycles. The van der Waals surface area contributed by atoms with Gasteiger partial charge in [0.2, 0.25) is 5.91 Å². The minimum Gasteiger partial charge on any atom is -0.333 e. The number of imide groups is 1. The van der Waals surface area contributed by atoms with Crippen molar-refractivity contribution in [1.82, 2.24) is 5.32 Å². The minimum absolute atomic E-state index is 0.0436. The summed E-state index contributed by atoms with van der Waals surface area (Å²) in [5.41, 5.74) is 0.742. The van der Waals surface area contributed by atoms with Crippen LogP contribution in [0.2, 0.25) is 0 Å². The lowest BCUT2D eigenvalue weighted by Crippen LogP contribution is -2.36. The van der Waals surface area contributed by atoms with Crippen molar-refractivity contribution in [2.24, 2.45) is 0 Å². The molecule has 1 atom stereocenters. The largest absolute Gasteiger partial charge is 0.333 e. The number of ether oxygens (including phenoxy) is 1. The molecular weight excluding hydrogens is 213 g/mol. The van der Waals surface area contributed by atoms with Crippen LogP contribution in [-0.2, 0) is 20.9 Å². The second-order valence-electron chi connectivity index (χ2n) is 3.56. The summed E-state index contributed by atoms with van der Waals surface area (Å²) in [7, 11) is 0. The molecule has 0 bridgehead atoms. The van der Waals surface area contributed by atoms with Crippen molar-refractivity contribution in [3.8, 4) is 0 Å². The molecule has 84 valence electrons. The number of carbonyl (C=O) groups is 2. The molecule has 1 aliphatic heterocycles. The first kappa shape index (κ1) is 10.8. The third kappa shape index (κ3) is 2.09. The Morgan fingerprint density at radius 3 is 2.56 bits per heavy atom. The van der Waals surface area contributed by atoms with Gasteiger partial charge in [-0.3, -0.25) is 14.9 Å². The van der Waals surface area contributed by atoms with Crippen LogP contribution in [0.1, 0.15) is 12.0 Å². The molecule has 2 rings (SSSR count). The SMILES string of the molecule is O=C1CC(F)(OCc2ccccc2)C(=O)N1. The van der Waals surface area contributed by atoms with Crippen molar-refractivity contribution >= 4 is 11.8 Å². The predicted molar refractivity (Wildman–Crippen MR) is 52.8 cm³/mol. The molecule has 0 aromatic heterocycles. The first-order valence-corrected chi connectivity index (χ1v) is 4.81. The molecule has 16 heavy (non-hydrogen) atoms. The van der Waals surface area contributed by atoms with Crippen LogP contribution < -0.4 is 5.32 Å². The molecule has 0 radical (unpaired) electrons. The van der Waals surface area contributed by atoms with E-state index in [0.29, 0.717) is 0 Å². The summed E-state index contributed by atoms with van der Waals surface area (Å²) in [5.74, 6) is -4.19. The summed E-state index contributed by atoms with van der Waals surface area (Å²) in [6, 6.07) is 8.88. The van der Waals surface area contributed by atoms with Crippen LogP contribution >= 0.6 is 0 Å². The molecule has 0 aliphatic carbocycles. The highest BCUT2D eigenvalue weighted by Crippen LogP contribution is 2.24. The molecule has 1 fully saturated rings. The molecule has 0 spiro atoms. The van der Waals surface area contributed by atoms with Crippen molar-refractivity contribution in [3.05, 3.63) is 35.9 Å². The number of rotatable bonds is 3. The van der Waals surface area contributed by atoms with E-state index in [9.17, 15) is 14.0 Å². The quantitative estimate of drug-likeness (QED) is 0.775. The number of hydrogen-bond donors (Lipinski definition) is 1. The van der Waals surface area contributed by atoms with E-state index < -0.39 is 24.1 Å². The summed E-state index contributed by atoms with van der Waals surface area (Å²) in [5, 5.41) is 1.87. The number of benzene rings is 1. The van der Waals surface area contributed by atoms with E-state index >= 15 is 0 Å². The van der Waals surface area contributed by atoms with Gasteiger partial charge in [0.25, 0.3) is 11.8 Å². The maximum absolute atomic E-state index is 13.8. The molecule has 2 amide bonds. The highest BCUT2D eigenvalue weighted by molar-refractivity contribution is 6.06. The molecule has 1 unspecified atom stereocenters. The maximum atomic E-state index is 13.8. The fraction of sp³-hybridized carbons (Fsp3) is 0.273. The molecule has 1 N–H and O–H groups in total. The molecule has 0 saturated carbocycles. The monoisotopic (exact) mass is 223 g/mol. The Balaban J connectivity index is 2.00. The molecule has 4 nitrogen and oxygen atoms in total. The van der Waals surface area contributed by atoms with Crippen LogP contribution in [0, 0.1) is 0 Å². The van der Waals surface area contributed by atoms with Crippen molar-refractivity contribution in [3.63, 3.8) is 0 Å². The predicted octanol–water partition coefficient (Wildman–Crippen LogP) is 0.915. The molecule has 1 heterocycles. The van der Waals surface area contributed by atoms with E-state index in [1.807, 2.05) is 11.4 Å². The van der Waals surface area contributed by atoms with Gasteiger partial charge in [-0.1, -0.05) is 30.3 Å². The number of nitrogens with one attached hydrogen (secondary N) is 1. The van der Waals surface area contributed by atoms with E-state index in [0.717, 1.165) is 5.56 Å². The highest BCUT2D eigenvalue weighted by atomic mass is 19.2. The molecule has 5 heteroatoms. The zero-order valence-corrected chi connectivity index (χ0v) is 8.40. The van der Waals surface area contributed by atoms with E-state index in [1.165, 1.54) is 0 Å². The highest BCUT2D eigenvalue weighted by Gasteiger charge is 2.48. The van der Waals surface area contributed by atoms with Gasteiger partial charge in [0, 0.05) is 0 Å². The third-order valence-electron chi connectivity index (χ3n) is 2.29. The van der Waals surface area contributed by atoms with Gasteiger partial charge in [0.15, 0.2) is 0 Å². The van der Waals surface area contributed by atoms with Crippen LogP contribution in [-0.4, -0.2) is 17.7 Å². The van der Waals surface area contributed by atoms with E-state index in [-0.39, 0.29) is 6.61 Å². The lowest BCUT2D eigenvalue weighted by atomic mass is 10.2. The minimum atomic E-state index is -2.52. The van der Waals surface area contributed by atoms with Crippen LogP contribution in [0.15, 0.2) is 30.3 Å². The van der Waals surface area contributed by atoms with Gasteiger partial charge >= 0.3 is 0 Å². The van der Waals surface area contributed by atoms with Gasteiger partial charge in [-0.25, -0.2) is 4.39 Å². The molecule has 1 aromatic rings. The second-order valence-corrected chi connectivity index (χ2v) is 3.56. The molecular formula is C11H10FNO3. The average molecular weight is 223 g/mol. The van der Waals surface area contributed by atoms with Crippen molar-refractivity contribution in [1.29, 1.82) is 0 Å². The number of amides is 2. The van der Waals surface area contributed by atoms with Crippen LogP contribution in [0.25, 0.3) is 0 Å². The number of alkyl halides is 1. The third-order valence-corrected chi connectivity index (χ3v) is 2.29. The van der Waals surface area contributed by atoms with Gasteiger partial charge in [-0.15, -0.1) is 0 Å². The molecule has 1 aromatic carbocycles. The Kier molecular flexibility index (Phi) is 2.70. The van der Waals surface area contributed by atoms with Crippen LogP contribution in [0.4, 0.5) is 4.39 Å². The lowest BCUT2D eigenvalue weighted by molar-refractivity contribution is -0.173. The second kappa shape index (κ2) is 4.02. The zero-order valence-electron chi connectivity index (χ0n) is 8.40. The van der Waals surface area contributed by atoms with Crippen molar-refractivity contribution < 1.29 is 18.7 Å². The Bertz CT molecular complexity index is 420. The number of hydrogen-bond acceptors (Lipinski definition) is 3. The fourth-order valence-electron chi connectivity index (χ4n) is 1.44. The Morgan fingerprint density at radius 2 is 2.00 bits per heavy atom. The molecule has 1 aliphatic rings. The first-order valence-electron chi connectivity index (χ1n) is 4.81. The van der Waals surface area contributed by atoms with Crippen LogP contribution in [0.5, 0.6) is 0 Å². The summed E-state index contributed by atoms with van der Waals surface area (Å²) < 4.78 is 18.6. The van der Waals surface area contributed by atoms with E-state index in [1.54, 1.807) is 24.3 Å². The van der Waals surface area contributed by atoms with Crippen molar-refractivity contribution in [2.45, 2.75) is 18.9 Å². The number of halogens is 1. The zero-order chi connectivity index (χ0) is 11.6. The van der Waals surface area contributed by atoms with E-state index in [2.05, 4.69) is 0 Å². The Hall–Kier alpha value is -1.75. The summed E-state index contributed by atoms with van der Waals surface area (Å²) >= 11 is 0. The fourth-order valence-corrected chi connectivity index (χ4v) is 1.44. The van der Waals surface area contributed by atoms with Gasteiger partial charge in [-0.05, 0) is 5.56 Å². The topological polar surface area (TPSA) is 55.4 Å². The van der Waals surface area contributed by atoms with Gasteiger partial charge in [0.1, 0.15) is 0 Å². The Morgan fingerprint density at radius 1 is 1.31 bits per heavy atom. The lowest BCUT2D eigenvalue weighted by Gasteiger charge is -2.15.